The maximum absolute atomic E-state index is 5.69. The summed E-state index contributed by atoms with van der Waals surface area (Å²) >= 11 is 0. The molecule has 0 saturated carbocycles. The molecule has 1 atom stereocenters. The number of nitrogens with one attached hydrogen (secondary N) is 1. The first-order valence-electron chi connectivity index (χ1n) is 8.43. The molecule has 2 fully saturated rings. The quantitative estimate of drug-likeness (QED) is 0.685. The molecule has 1 N–H and O–H groups in total. The van der Waals surface area contributed by atoms with Crippen LogP contribution < -0.4 is 5.32 Å². The Balaban J connectivity index is 1.48. The molecule has 0 aliphatic carbocycles. The van der Waals surface area contributed by atoms with E-state index in [9.17, 15) is 0 Å². The molecule has 0 aromatic rings. The molecule has 2 aliphatic rings. The topological polar surface area (TPSA) is 24.5 Å². The lowest BCUT2D eigenvalue weighted by atomic mass is 9.96. The smallest absolute Gasteiger partial charge is 0.0576 e. The molecule has 0 amide bonds. The van der Waals surface area contributed by atoms with Crippen molar-refractivity contribution in [1.29, 1.82) is 0 Å². The van der Waals surface area contributed by atoms with Crippen LogP contribution in [0.3, 0.4) is 0 Å². The standard InChI is InChI=1S/C16H32N2O/c1-2-9-17-14-15-7-11-18(12-8-15)10-3-5-16-6-4-13-19-16/h15-17H,2-14H2,1H3. The van der Waals surface area contributed by atoms with Crippen LogP contribution in [-0.2, 0) is 4.74 Å². The van der Waals surface area contributed by atoms with Gasteiger partial charge in [0.25, 0.3) is 0 Å². The fourth-order valence-electron chi connectivity index (χ4n) is 3.31. The maximum Gasteiger partial charge on any atom is 0.0576 e. The first-order valence-corrected chi connectivity index (χ1v) is 8.43. The molecule has 1 unspecified atom stereocenters. The monoisotopic (exact) mass is 268 g/mol. The van der Waals surface area contributed by atoms with E-state index in [1.165, 1.54) is 77.7 Å². The van der Waals surface area contributed by atoms with Gasteiger partial charge in [-0.05, 0) is 83.6 Å². The van der Waals surface area contributed by atoms with E-state index in [1.807, 2.05) is 0 Å². The van der Waals surface area contributed by atoms with E-state index < -0.39 is 0 Å². The second-order valence-corrected chi connectivity index (χ2v) is 6.27. The Morgan fingerprint density at radius 2 is 2.05 bits per heavy atom. The molecule has 0 aromatic heterocycles. The summed E-state index contributed by atoms with van der Waals surface area (Å²) in [4.78, 5) is 2.66. The Hall–Kier alpha value is -0.120. The van der Waals surface area contributed by atoms with Crippen LogP contribution in [0.4, 0.5) is 0 Å². The molecule has 2 saturated heterocycles. The lowest BCUT2D eigenvalue weighted by Crippen LogP contribution is -2.38. The molecular formula is C16H32N2O. The summed E-state index contributed by atoms with van der Waals surface area (Å²) in [5.74, 6) is 0.918. The molecule has 19 heavy (non-hydrogen) atoms. The lowest BCUT2D eigenvalue weighted by molar-refractivity contribution is 0.0959. The van der Waals surface area contributed by atoms with Crippen LogP contribution in [0.25, 0.3) is 0 Å². The van der Waals surface area contributed by atoms with Gasteiger partial charge in [-0.1, -0.05) is 6.92 Å². The molecule has 3 nitrogen and oxygen atoms in total. The maximum atomic E-state index is 5.69. The van der Waals surface area contributed by atoms with Crippen LogP contribution in [0.15, 0.2) is 0 Å². The van der Waals surface area contributed by atoms with Crippen LogP contribution in [0, 0.1) is 5.92 Å². The van der Waals surface area contributed by atoms with E-state index in [0.29, 0.717) is 6.10 Å². The highest BCUT2D eigenvalue weighted by Crippen LogP contribution is 2.19. The summed E-state index contributed by atoms with van der Waals surface area (Å²) in [6.07, 6.45) is 9.78. The molecule has 3 heteroatoms. The second-order valence-electron chi connectivity index (χ2n) is 6.27. The van der Waals surface area contributed by atoms with Crippen LogP contribution in [0.2, 0.25) is 0 Å². The van der Waals surface area contributed by atoms with Gasteiger partial charge in [0.15, 0.2) is 0 Å². The van der Waals surface area contributed by atoms with Crippen molar-refractivity contribution < 1.29 is 4.74 Å². The summed E-state index contributed by atoms with van der Waals surface area (Å²) in [6, 6.07) is 0. The third-order valence-electron chi connectivity index (χ3n) is 4.59. The van der Waals surface area contributed by atoms with Gasteiger partial charge in [-0.15, -0.1) is 0 Å². The minimum absolute atomic E-state index is 0.579. The van der Waals surface area contributed by atoms with Crippen molar-refractivity contribution in [2.75, 3.05) is 39.3 Å². The highest BCUT2D eigenvalue weighted by Gasteiger charge is 2.19. The van der Waals surface area contributed by atoms with Crippen LogP contribution in [-0.4, -0.2) is 50.3 Å². The number of nitrogens with zero attached hydrogens (tertiary/aromatic N) is 1. The van der Waals surface area contributed by atoms with Crippen molar-refractivity contribution in [3.05, 3.63) is 0 Å². The molecule has 0 radical (unpaired) electrons. The summed E-state index contributed by atoms with van der Waals surface area (Å²) in [5, 5.41) is 3.56. The molecule has 0 spiro atoms. The van der Waals surface area contributed by atoms with E-state index in [0.717, 1.165) is 12.5 Å². The Kier molecular flexibility index (Phi) is 7.18. The van der Waals surface area contributed by atoms with Gasteiger partial charge in [-0.2, -0.15) is 0 Å². The zero-order valence-electron chi connectivity index (χ0n) is 12.7. The minimum atomic E-state index is 0.579. The van der Waals surface area contributed by atoms with Crippen LogP contribution >= 0.6 is 0 Å². The van der Waals surface area contributed by atoms with Crippen molar-refractivity contribution in [3.63, 3.8) is 0 Å². The predicted molar refractivity (Wildman–Crippen MR) is 80.5 cm³/mol. The van der Waals surface area contributed by atoms with E-state index in [-0.39, 0.29) is 0 Å². The third kappa shape index (κ3) is 5.80. The molecule has 0 bridgehead atoms. The van der Waals surface area contributed by atoms with Crippen LogP contribution in [0.5, 0.6) is 0 Å². The average Bonchev–Trinajstić information content (AvgIpc) is 2.94. The molecular weight excluding hydrogens is 236 g/mol. The van der Waals surface area contributed by atoms with Crippen molar-refractivity contribution >= 4 is 0 Å². The highest BCUT2D eigenvalue weighted by atomic mass is 16.5. The molecule has 2 heterocycles. The number of likely N-dealkylation sites (tertiary alicyclic amines) is 1. The van der Waals surface area contributed by atoms with Gasteiger partial charge in [-0.3, -0.25) is 0 Å². The average molecular weight is 268 g/mol. The van der Waals surface area contributed by atoms with Crippen molar-refractivity contribution in [2.45, 2.75) is 58.0 Å². The van der Waals surface area contributed by atoms with Gasteiger partial charge in [0.1, 0.15) is 0 Å². The first-order chi connectivity index (χ1) is 9.38. The van der Waals surface area contributed by atoms with Crippen LogP contribution in [0.1, 0.15) is 51.9 Å². The van der Waals surface area contributed by atoms with Crippen molar-refractivity contribution in [3.8, 4) is 0 Å². The highest BCUT2D eigenvalue weighted by molar-refractivity contribution is 4.74. The molecule has 2 aliphatic heterocycles. The zero-order valence-corrected chi connectivity index (χ0v) is 12.7. The van der Waals surface area contributed by atoms with E-state index in [1.54, 1.807) is 0 Å². The fourth-order valence-corrected chi connectivity index (χ4v) is 3.31. The Labute approximate surface area is 119 Å². The number of hydrogen-bond acceptors (Lipinski definition) is 3. The van der Waals surface area contributed by atoms with Gasteiger partial charge in [-0.25, -0.2) is 0 Å². The zero-order chi connectivity index (χ0) is 13.3. The second kappa shape index (κ2) is 8.93. The van der Waals surface area contributed by atoms with Crippen molar-refractivity contribution in [1.82, 2.24) is 10.2 Å². The Morgan fingerprint density at radius 3 is 2.74 bits per heavy atom. The summed E-state index contributed by atoms with van der Waals surface area (Å²) < 4.78 is 5.69. The number of rotatable bonds is 8. The first kappa shape index (κ1) is 15.3. The number of piperidine rings is 1. The fraction of sp³-hybridized carbons (Fsp3) is 1.00. The van der Waals surface area contributed by atoms with Gasteiger partial charge >= 0.3 is 0 Å². The summed E-state index contributed by atoms with van der Waals surface area (Å²) in [5.41, 5.74) is 0. The Bertz CT molecular complexity index is 221. The van der Waals surface area contributed by atoms with E-state index in [4.69, 9.17) is 4.74 Å². The van der Waals surface area contributed by atoms with Gasteiger partial charge in [0.2, 0.25) is 0 Å². The predicted octanol–water partition coefficient (Wildman–Crippen LogP) is 2.66. The number of ether oxygens (including phenoxy) is 1. The third-order valence-corrected chi connectivity index (χ3v) is 4.59. The largest absolute Gasteiger partial charge is 0.378 e. The minimum Gasteiger partial charge on any atom is -0.378 e. The van der Waals surface area contributed by atoms with Gasteiger partial charge in [0.05, 0.1) is 6.10 Å². The molecule has 112 valence electrons. The van der Waals surface area contributed by atoms with Gasteiger partial charge < -0.3 is 15.0 Å². The SMILES string of the molecule is CCCNCC1CCN(CCCC2CCCO2)CC1. The van der Waals surface area contributed by atoms with Crippen molar-refractivity contribution in [2.24, 2.45) is 5.92 Å². The normalized spacial score (nSPS) is 26.1. The molecule has 2 rings (SSSR count). The number of hydrogen-bond donors (Lipinski definition) is 1. The summed E-state index contributed by atoms with van der Waals surface area (Å²) in [6.45, 7) is 9.56. The Morgan fingerprint density at radius 1 is 1.21 bits per heavy atom. The van der Waals surface area contributed by atoms with Gasteiger partial charge in [0, 0.05) is 6.61 Å². The summed E-state index contributed by atoms with van der Waals surface area (Å²) in [7, 11) is 0. The lowest BCUT2D eigenvalue weighted by Gasteiger charge is -2.32. The van der Waals surface area contributed by atoms with E-state index >= 15 is 0 Å². The molecule has 0 aromatic carbocycles. The van der Waals surface area contributed by atoms with E-state index in [2.05, 4.69) is 17.1 Å².